The van der Waals surface area contributed by atoms with Crippen LogP contribution in [0.2, 0.25) is 5.02 Å². The Kier molecular flexibility index (Phi) is 4.49. The SMILES string of the molecule is CC(C)(C)[C@@H](N)C(=O)Nc1ccc([N+](=O)[O-])c(Cl)c1. The highest BCUT2D eigenvalue weighted by Gasteiger charge is 2.27. The minimum atomic E-state index is -0.693. The largest absolute Gasteiger partial charge is 0.325 e. The number of hydrogen-bond donors (Lipinski definition) is 2. The highest BCUT2D eigenvalue weighted by atomic mass is 35.5. The number of nitrogens with two attached hydrogens (primary N) is 1. The predicted octanol–water partition coefficient (Wildman–Crippen LogP) is 2.56. The van der Waals surface area contributed by atoms with Crippen LogP contribution in [0.3, 0.4) is 0 Å². The zero-order valence-electron chi connectivity index (χ0n) is 10.9. The van der Waals surface area contributed by atoms with Crippen molar-refractivity contribution in [3.05, 3.63) is 33.3 Å². The molecule has 1 atom stereocenters. The molecule has 104 valence electrons. The summed E-state index contributed by atoms with van der Waals surface area (Å²) in [5.41, 5.74) is 5.59. The topological polar surface area (TPSA) is 98.3 Å². The van der Waals surface area contributed by atoms with Gasteiger partial charge < -0.3 is 11.1 Å². The van der Waals surface area contributed by atoms with Crippen molar-refractivity contribution in [2.24, 2.45) is 11.1 Å². The van der Waals surface area contributed by atoms with Crippen molar-refractivity contribution >= 4 is 28.9 Å². The number of nitro benzene ring substituents is 1. The lowest BCUT2D eigenvalue weighted by Crippen LogP contribution is -2.45. The molecule has 3 N–H and O–H groups in total. The number of nitrogens with zero attached hydrogens (tertiary/aromatic N) is 1. The standard InChI is InChI=1S/C12H16ClN3O3/c1-12(2,3)10(14)11(17)15-7-4-5-9(16(18)19)8(13)6-7/h4-6,10H,14H2,1-3H3,(H,15,17)/t10-/m0/s1. The number of amides is 1. The smallest absolute Gasteiger partial charge is 0.288 e. The number of benzene rings is 1. The molecular weight excluding hydrogens is 270 g/mol. The van der Waals surface area contributed by atoms with Gasteiger partial charge in [-0.25, -0.2) is 0 Å². The van der Waals surface area contributed by atoms with Crippen LogP contribution >= 0.6 is 11.6 Å². The van der Waals surface area contributed by atoms with Gasteiger partial charge in [-0.1, -0.05) is 32.4 Å². The fraction of sp³-hybridized carbons (Fsp3) is 0.417. The summed E-state index contributed by atoms with van der Waals surface area (Å²) >= 11 is 5.75. The number of anilines is 1. The van der Waals surface area contributed by atoms with Gasteiger partial charge in [0.15, 0.2) is 0 Å². The number of halogens is 1. The Bertz CT molecular complexity index is 511. The molecule has 1 aromatic carbocycles. The first kappa shape index (κ1) is 15.4. The van der Waals surface area contributed by atoms with Crippen molar-refractivity contribution in [2.45, 2.75) is 26.8 Å². The third-order valence-electron chi connectivity index (χ3n) is 2.63. The molecule has 0 saturated carbocycles. The van der Waals surface area contributed by atoms with Gasteiger partial charge in [0.2, 0.25) is 5.91 Å². The second-order valence-electron chi connectivity index (χ2n) is 5.26. The Morgan fingerprint density at radius 1 is 1.47 bits per heavy atom. The van der Waals surface area contributed by atoms with Crippen molar-refractivity contribution in [3.8, 4) is 0 Å². The van der Waals surface area contributed by atoms with E-state index < -0.39 is 11.0 Å². The Morgan fingerprint density at radius 3 is 2.47 bits per heavy atom. The average Bonchev–Trinajstić information content (AvgIpc) is 2.26. The highest BCUT2D eigenvalue weighted by Crippen LogP contribution is 2.27. The number of carbonyl (C=O) groups excluding carboxylic acids is 1. The fourth-order valence-electron chi connectivity index (χ4n) is 1.35. The summed E-state index contributed by atoms with van der Waals surface area (Å²) < 4.78 is 0. The van der Waals surface area contributed by atoms with E-state index in [0.29, 0.717) is 5.69 Å². The van der Waals surface area contributed by atoms with Crippen molar-refractivity contribution in [3.63, 3.8) is 0 Å². The van der Waals surface area contributed by atoms with Crippen molar-refractivity contribution in [2.75, 3.05) is 5.32 Å². The Balaban J connectivity index is 2.87. The highest BCUT2D eigenvalue weighted by molar-refractivity contribution is 6.33. The molecule has 0 fully saturated rings. The van der Waals surface area contributed by atoms with E-state index in [1.807, 2.05) is 20.8 Å². The Morgan fingerprint density at radius 2 is 2.05 bits per heavy atom. The molecule has 1 amide bonds. The first-order valence-corrected chi connectivity index (χ1v) is 6.01. The van der Waals surface area contributed by atoms with E-state index in [2.05, 4.69) is 5.32 Å². The maximum absolute atomic E-state index is 11.9. The van der Waals surface area contributed by atoms with E-state index >= 15 is 0 Å². The lowest BCUT2D eigenvalue weighted by atomic mass is 9.87. The maximum atomic E-state index is 11.9. The maximum Gasteiger partial charge on any atom is 0.288 e. The van der Waals surface area contributed by atoms with Crippen molar-refractivity contribution < 1.29 is 9.72 Å². The average molecular weight is 286 g/mol. The molecule has 0 unspecified atom stereocenters. The van der Waals surface area contributed by atoms with E-state index in [1.165, 1.54) is 18.2 Å². The Hall–Kier alpha value is -1.66. The molecular formula is C12H16ClN3O3. The molecule has 19 heavy (non-hydrogen) atoms. The van der Waals surface area contributed by atoms with Gasteiger partial charge >= 0.3 is 0 Å². The molecule has 0 aromatic heterocycles. The minimum Gasteiger partial charge on any atom is -0.325 e. The van der Waals surface area contributed by atoms with Crippen LogP contribution in [0.5, 0.6) is 0 Å². The van der Waals surface area contributed by atoms with Crippen LogP contribution in [-0.4, -0.2) is 16.9 Å². The number of rotatable bonds is 3. The second-order valence-corrected chi connectivity index (χ2v) is 5.66. The second kappa shape index (κ2) is 5.54. The fourth-order valence-corrected chi connectivity index (χ4v) is 1.60. The van der Waals surface area contributed by atoms with E-state index in [0.717, 1.165) is 0 Å². The molecule has 0 bridgehead atoms. The predicted molar refractivity (Wildman–Crippen MR) is 74.2 cm³/mol. The number of nitrogens with one attached hydrogen (secondary N) is 1. The van der Waals surface area contributed by atoms with Gasteiger partial charge in [-0.2, -0.15) is 0 Å². The first-order valence-electron chi connectivity index (χ1n) is 5.63. The van der Waals surface area contributed by atoms with Gasteiger partial charge in [-0.05, 0) is 17.5 Å². The molecule has 7 heteroatoms. The molecule has 0 aliphatic heterocycles. The van der Waals surface area contributed by atoms with Crippen LogP contribution in [-0.2, 0) is 4.79 Å². The van der Waals surface area contributed by atoms with E-state index in [1.54, 1.807) is 0 Å². The summed E-state index contributed by atoms with van der Waals surface area (Å²) in [7, 11) is 0. The zero-order valence-corrected chi connectivity index (χ0v) is 11.7. The molecule has 1 aromatic rings. The van der Waals surface area contributed by atoms with Gasteiger partial charge in [0.25, 0.3) is 5.69 Å². The van der Waals surface area contributed by atoms with E-state index in [9.17, 15) is 14.9 Å². The normalized spacial score (nSPS) is 12.9. The summed E-state index contributed by atoms with van der Waals surface area (Å²) in [6, 6.07) is 3.28. The van der Waals surface area contributed by atoms with Crippen LogP contribution in [0.4, 0.5) is 11.4 Å². The molecule has 0 radical (unpaired) electrons. The lowest BCUT2D eigenvalue weighted by molar-refractivity contribution is -0.384. The van der Waals surface area contributed by atoms with Gasteiger partial charge in [0, 0.05) is 11.8 Å². The summed E-state index contributed by atoms with van der Waals surface area (Å²) in [5.74, 6) is -0.364. The van der Waals surface area contributed by atoms with Crippen molar-refractivity contribution in [1.29, 1.82) is 0 Å². The number of nitro groups is 1. The van der Waals surface area contributed by atoms with Crippen LogP contribution < -0.4 is 11.1 Å². The van der Waals surface area contributed by atoms with Gasteiger partial charge in [-0.3, -0.25) is 14.9 Å². The first-order chi connectivity index (χ1) is 8.62. The molecule has 6 nitrogen and oxygen atoms in total. The Labute approximate surface area is 116 Å². The molecule has 0 aliphatic rings. The van der Waals surface area contributed by atoms with Crippen LogP contribution in [0.1, 0.15) is 20.8 Å². The van der Waals surface area contributed by atoms with E-state index in [-0.39, 0.29) is 22.0 Å². The third-order valence-corrected chi connectivity index (χ3v) is 2.93. The molecule has 0 spiro atoms. The van der Waals surface area contributed by atoms with Crippen molar-refractivity contribution in [1.82, 2.24) is 0 Å². The minimum absolute atomic E-state index is 0.0351. The molecule has 0 heterocycles. The zero-order chi connectivity index (χ0) is 14.8. The summed E-state index contributed by atoms with van der Waals surface area (Å²) in [6.07, 6.45) is 0. The third kappa shape index (κ3) is 3.90. The molecule has 1 rings (SSSR count). The summed E-state index contributed by atoms with van der Waals surface area (Å²) in [4.78, 5) is 21.9. The summed E-state index contributed by atoms with van der Waals surface area (Å²) in [6.45, 7) is 5.54. The molecule has 0 aliphatic carbocycles. The van der Waals surface area contributed by atoms with Gasteiger partial charge in [0.1, 0.15) is 5.02 Å². The summed E-state index contributed by atoms with van der Waals surface area (Å²) in [5, 5.41) is 13.2. The van der Waals surface area contributed by atoms with Gasteiger partial charge in [0.05, 0.1) is 11.0 Å². The quantitative estimate of drug-likeness (QED) is 0.658. The molecule has 0 saturated heterocycles. The van der Waals surface area contributed by atoms with Crippen LogP contribution in [0.15, 0.2) is 18.2 Å². The van der Waals surface area contributed by atoms with E-state index in [4.69, 9.17) is 17.3 Å². The number of carbonyl (C=O) groups is 1. The monoisotopic (exact) mass is 285 g/mol. The van der Waals surface area contributed by atoms with Crippen LogP contribution in [0.25, 0.3) is 0 Å². The number of hydrogen-bond acceptors (Lipinski definition) is 4. The lowest BCUT2D eigenvalue weighted by Gasteiger charge is -2.25. The van der Waals surface area contributed by atoms with Gasteiger partial charge in [-0.15, -0.1) is 0 Å². The van der Waals surface area contributed by atoms with Crippen LogP contribution in [0, 0.1) is 15.5 Å².